The fraction of sp³-hybridized carbons (Fsp3) is 0.562. The van der Waals surface area contributed by atoms with Crippen molar-refractivity contribution >= 4 is 5.97 Å². The van der Waals surface area contributed by atoms with E-state index in [2.05, 4.69) is 19.2 Å². The predicted octanol–water partition coefficient (Wildman–Crippen LogP) is 2.31. The standard InChI is InChI=1S/C16H23NO4/c1-16(2)11-13(7-9-21-16)17-8-10-20-14-5-3-12(4-6-14)15(18)19/h3-6,13,17H,7-11H2,1-2H3,(H,18,19). The van der Waals surface area contributed by atoms with Crippen LogP contribution in [-0.2, 0) is 4.74 Å². The number of hydrogen-bond donors (Lipinski definition) is 2. The molecule has 0 saturated carbocycles. The molecule has 116 valence electrons. The lowest BCUT2D eigenvalue weighted by Gasteiger charge is -2.35. The summed E-state index contributed by atoms with van der Waals surface area (Å²) in [7, 11) is 0. The van der Waals surface area contributed by atoms with E-state index in [9.17, 15) is 4.79 Å². The van der Waals surface area contributed by atoms with Crippen LogP contribution in [0.3, 0.4) is 0 Å². The molecule has 0 bridgehead atoms. The molecular formula is C16H23NO4. The zero-order chi connectivity index (χ0) is 15.3. The Morgan fingerprint density at radius 1 is 1.43 bits per heavy atom. The summed E-state index contributed by atoms with van der Waals surface area (Å²) < 4.78 is 11.3. The summed E-state index contributed by atoms with van der Waals surface area (Å²) >= 11 is 0. The van der Waals surface area contributed by atoms with Gasteiger partial charge in [0.1, 0.15) is 12.4 Å². The molecule has 5 heteroatoms. The molecule has 1 aromatic carbocycles. The molecule has 0 amide bonds. The van der Waals surface area contributed by atoms with Crippen molar-refractivity contribution in [1.29, 1.82) is 0 Å². The Morgan fingerprint density at radius 3 is 2.76 bits per heavy atom. The van der Waals surface area contributed by atoms with E-state index in [-0.39, 0.29) is 11.2 Å². The molecule has 0 aliphatic carbocycles. The lowest BCUT2D eigenvalue weighted by molar-refractivity contribution is -0.0630. The van der Waals surface area contributed by atoms with Crippen LogP contribution in [-0.4, -0.2) is 42.5 Å². The van der Waals surface area contributed by atoms with Crippen LogP contribution in [0.4, 0.5) is 0 Å². The van der Waals surface area contributed by atoms with Gasteiger partial charge in [0.15, 0.2) is 0 Å². The molecule has 1 aromatic rings. The first kappa shape index (κ1) is 15.8. The van der Waals surface area contributed by atoms with Gasteiger partial charge in [0.25, 0.3) is 0 Å². The Kier molecular flexibility index (Phi) is 5.20. The number of carboxylic acid groups (broad SMARTS) is 1. The van der Waals surface area contributed by atoms with E-state index in [1.54, 1.807) is 24.3 Å². The number of carbonyl (C=O) groups is 1. The van der Waals surface area contributed by atoms with Gasteiger partial charge in [-0.2, -0.15) is 0 Å². The van der Waals surface area contributed by atoms with Crippen molar-refractivity contribution in [2.45, 2.75) is 38.3 Å². The van der Waals surface area contributed by atoms with Gasteiger partial charge in [0, 0.05) is 19.2 Å². The summed E-state index contributed by atoms with van der Waals surface area (Å²) in [5.74, 6) is -0.237. The number of carboxylic acids is 1. The van der Waals surface area contributed by atoms with Crippen LogP contribution in [0.25, 0.3) is 0 Å². The first-order valence-corrected chi connectivity index (χ1v) is 7.30. The molecule has 21 heavy (non-hydrogen) atoms. The van der Waals surface area contributed by atoms with Crippen molar-refractivity contribution < 1.29 is 19.4 Å². The molecule has 1 aliphatic rings. The molecule has 0 spiro atoms. The summed E-state index contributed by atoms with van der Waals surface area (Å²) in [6, 6.07) is 6.92. The highest BCUT2D eigenvalue weighted by atomic mass is 16.5. The minimum atomic E-state index is -0.926. The third kappa shape index (κ3) is 5.02. The molecule has 0 radical (unpaired) electrons. The zero-order valence-corrected chi connectivity index (χ0v) is 12.6. The fourth-order valence-electron chi connectivity index (χ4n) is 2.53. The van der Waals surface area contributed by atoms with Crippen LogP contribution in [0.2, 0.25) is 0 Å². The summed E-state index contributed by atoms with van der Waals surface area (Å²) in [4.78, 5) is 10.7. The Bertz CT molecular complexity index is 470. The second kappa shape index (κ2) is 6.91. The maximum Gasteiger partial charge on any atom is 0.335 e. The van der Waals surface area contributed by atoms with Gasteiger partial charge >= 0.3 is 5.97 Å². The summed E-state index contributed by atoms with van der Waals surface area (Å²) in [5, 5.41) is 12.3. The van der Waals surface area contributed by atoms with Gasteiger partial charge in [-0.1, -0.05) is 0 Å². The molecule has 5 nitrogen and oxygen atoms in total. The largest absolute Gasteiger partial charge is 0.492 e. The van der Waals surface area contributed by atoms with E-state index < -0.39 is 5.97 Å². The molecule has 1 saturated heterocycles. The van der Waals surface area contributed by atoms with E-state index in [4.69, 9.17) is 14.6 Å². The zero-order valence-electron chi connectivity index (χ0n) is 12.6. The maximum atomic E-state index is 10.7. The number of nitrogens with one attached hydrogen (secondary N) is 1. The average Bonchev–Trinajstić information content (AvgIpc) is 2.43. The minimum absolute atomic E-state index is 0.0521. The van der Waals surface area contributed by atoms with E-state index >= 15 is 0 Å². The third-order valence-corrected chi connectivity index (χ3v) is 3.60. The van der Waals surface area contributed by atoms with E-state index in [0.717, 1.165) is 26.0 Å². The molecule has 2 rings (SSSR count). The fourth-order valence-corrected chi connectivity index (χ4v) is 2.53. The van der Waals surface area contributed by atoms with Gasteiger partial charge in [-0.3, -0.25) is 0 Å². The molecule has 1 heterocycles. The van der Waals surface area contributed by atoms with Crippen molar-refractivity contribution in [3.8, 4) is 5.75 Å². The van der Waals surface area contributed by atoms with Gasteiger partial charge in [0.2, 0.25) is 0 Å². The molecule has 2 N–H and O–H groups in total. The first-order valence-electron chi connectivity index (χ1n) is 7.30. The normalized spacial score (nSPS) is 21.0. The van der Waals surface area contributed by atoms with Crippen molar-refractivity contribution in [2.24, 2.45) is 0 Å². The summed E-state index contributed by atoms with van der Waals surface area (Å²) in [6.45, 7) is 6.34. The average molecular weight is 293 g/mol. The SMILES string of the molecule is CC1(C)CC(NCCOc2ccc(C(=O)O)cc2)CCO1. The second-order valence-corrected chi connectivity index (χ2v) is 5.93. The lowest BCUT2D eigenvalue weighted by Crippen LogP contribution is -2.44. The summed E-state index contributed by atoms with van der Waals surface area (Å²) in [6.07, 6.45) is 2.02. The Morgan fingerprint density at radius 2 is 2.14 bits per heavy atom. The molecule has 1 unspecified atom stereocenters. The topological polar surface area (TPSA) is 67.8 Å². The monoisotopic (exact) mass is 293 g/mol. The molecule has 1 aliphatic heterocycles. The van der Waals surface area contributed by atoms with Gasteiger partial charge in [-0.05, 0) is 51.0 Å². The highest BCUT2D eigenvalue weighted by Gasteiger charge is 2.28. The quantitative estimate of drug-likeness (QED) is 0.788. The highest BCUT2D eigenvalue weighted by Crippen LogP contribution is 2.23. The van der Waals surface area contributed by atoms with E-state index in [0.29, 0.717) is 18.4 Å². The number of aromatic carboxylic acids is 1. The lowest BCUT2D eigenvalue weighted by atomic mass is 9.94. The van der Waals surface area contributed by atoms with Gasteiger partial charge in [0.05, 0.1) is 11.2 Å². The second-order valence-electron chi connectivity index (χ2n) is 5.93. The van der Waals surface area contributed by atoms with Crippen molar-refractivity contribution in [1.82, 2.24) is 5.32 Å². The van der Waals surface area contributed by atoms with E-state index in [1.807, 2.05) is 0 Å². The van der Waals surface area contributed by atoms with Crippen LogP contribution in [0.5, 0.6) is 5.75 Å². The maximum absolute atomic E-state index is 10.7. The molecule has 0 aromatic heterocycles. The molecular weight excluding hydrogens is 270 g/mol. The first-order chi connectivity index (χ1) is 9.96. The Hall–Kier alpha value is -1.59. The van der Waals surface area contributed by atoms with Crippen LogP contribution >= 0.6 is 0 Å². The molecule has 1 atom stereocenters. The predicted molar refractivity (Wildman–Crippen MR) is 80.0 cm³/mol. The minimum Gasteiger partial charge on any atom is -0.492 e. The van der Waals surface area contributed by atoms with Gasteiger partial charge in [-0.25, -0.2) is 4.79 Å². The summed E-state index contributed by atoms with van der Waals surface area (Å²) in [5.41, 5.74) is 0.216. The van der Waals surface area contributed by atoms with Crippen molar-refractivity contribution in [3.63, 3.8) is 0 Å². The number of rotatable bonds is 6. The number of hydrogen-bond acceptors (Lipinski definition) is 4. The van der Waals surface area contributed by atoms with Crippen molar-refractivity contribution in [3.05, 3.63) is 29.8 Å². The van der Waals surface area contributed by atoms with Gasteiger partial charge < -0.3 is 19.9 Å². The Balaban J connectivity index is 1.68. The molecule has 1 fully saturated rings. The van der Waals surface area contributed by atoms with Crippen LogP contribution in [0, 0.1) is 0 Å². The van der Waals surface area contributed by atoms with Gasteiger partial charge in [-0.15, -0.1) is 0 Å². The van der Waals surface area contributed by atoms with Crippen LogP contribution in [0.1, 0.15) is 37.0 Å². The highest BCUT2D eigenvalue weighted by molar-refractivity contribution is 5.87. The number of benzene rings is 1. The van der Waals surface area contributed by atoms with Crippen LogP contribution < -0.4 is 10.1 Å². The third-order valence-electron chi connectivity index (χ3n) is 3.60. The van der Waals surface area contributed by atoms with E-state index in [1.165, 1.54) is 0 Å². The van der Waals surface area contributed by atoms with Crippen molar-refractivity contribution in [2.75, 3.05) is 19.8 Å². The smallest absolute Gasteiger partial charge is 0.335 e. The van der Waals surface area contributed by atoms with Crippen LogP contribution in [0.15, 0.2) is 24.3 Å². The Labute approximate surface area is 125 Å². The number of ether oxygens (including phenoxy) is 2.